The van der Waals surface area contributed by atoms with Gasteiger partial charge in [0.05, 0.1) is 5.56 Å². The van der Waals surface area contributed by atoms with Gasteiger partial charge in [0.2, 0.25) is 0 Å². The second-order valence-electron chi connectivity index (χ2n) is 5.25. The van der Waals surface area contributed by atoms with E-state index in [2.05, 4.69) is 15.2 Å². The molecule has 0 unspecified atom stereocenters. The van der Waals surface area contributed by atoms with Crippen molar-refractivity contribution >= 4 is 5.82 Å². The van der Waals surface area contributed by atoms with Crippen LogP contribution in [0.2, 0.25) is 0 Å². The molecule has 2 saturated heterocycles. The van der Waals surface area contributed by atoms with Crippen molar-refractivity contribution in [1.82, 2.24) is 15.2 Å². The molecule has 0 atom stereocenters. The lowest BCUT2D eigenvalue weighted by molar-refractivity contribution is -0.137. The molecule has 0 aliphatic carbocycles. The van der Waals surface area contributed by atoms with Crippen LogP contribution in [-0.4, -0.2) is 55.2 Å². The standard InChI is InChI=1S/C13H17F3N4/c14-13(15,16)10-1-2-12(18-7-10)20-8-11(9-20)19-5-3-17-4-6-19/h1-2,7,11,17H,3-6,8-9H2. The highest BCUT2D eigenvalue weighted by molar-refractivity contribution is 5.43. The maximum atomic E-state index is 12.5. The molecule has 2 aliphatic heterocycles. The first kappa shape index (κ1) is 13.6. The molecular formula is C13H17F3N4. The summed E-state index contributed by atoms with van der Waals surface area (Å²) in [5.74, 6) is 0.629. The number of alkyl halides is 3. The zero-order chi connectivity index (χ0) is 14.2. The SMILES string of the molecule is FC(F)(F)c1ccc(N2CC(N3CCNCC3)C2)nc1. The van der Waals surface area contributed by atoms with Gasteiger partial charge in [0.25, 0.3) is 0 Å². The summed E-state index contributed by atoms with van der Waals surface area (Å²) in [7, 11) is 0. The first-order valence-corrected chi connectivity index (χ1v) is 6.77. The Kier molecular flexibility index (Phi) is 3.55. The summed E-state index contributed by atoms with van der Waals surface area (Å²) in [5, 5.41) is 3.31. The van der Waals surface area contributed by atoms with E-state index >= 15 is 0 Å². The van der Waals surface area contributed by atoms with Crippen LogP contribution < -0.4 is 10.2 Å². The number of hydrogen-bond donors (Lipinski definition) is 1. The Morgan fingerprint density at radius 2 is 1.85 bits per heavy atom. The summed E-state index contributed by atoms with van der Waals surface area (Å²) in [5.41, 5.74) is -0.694. The summed E-state index contributed by atoms with van der Waals surface area (Å²) in [6, 6.07) is 3.05. The van der Waals surface area contributed by atoms with E-state index in [0.29, 0.717) is 11.9 Å². The van der Waals surface area contributed by atoms with Crippen molar-refractivity contribution in [2.75, 3.05) is 44.2 Å². The molecule has 0 aromatic carbocycles. The van der Waals surface area contributed by atoms with E-state index in [0.717, 1.165) is 51.5 Å². The number of piperazine rings is 1. The van der Waals surface area contributed by atoms with E-state index in [1.165, 1.54) is 6.07 Å². The predicted molar refractivity (Wildman–Crippen MR) is 69.7 cm³/mol. The average molecular weight is 286 g/mol. The molecule has 3 rings (SSSR count). The van der Waals surface area contributed by atoms with Gasteiger partial charge in [-0.1, -0.05) is 0 Å². The van der Waals surface area contributed by atoms with Crippen LogP contribution in [0.15, 0.2) is 18.3 Å². The molecule has 2 fully saturated rings. The molecule has 0 amide bonds. The average Bonchev–Trinajstić information content (AvgIpc) is 2.38. The summed E-state index contributed by atoms with van der Waals surface area (Å²) in [4.78, 5) is 8.37. The van der Waals surface area contributed by atoms with Crippen LogP contribution in [0.4, 0.5) is 19.0 Å². The van der Waals surface area contributed by atoms with Gasteiger partial charge in [0.15, 0.2) is 0 Å². The van der Waals surface area contributed by atoms with E-state index in [1.807, 2.05) is 4.90 Å². The highest BCUT2D eigenvalue weighted by Gasteiger charge is 2.34. The van der Waals surface area contributed by atoms with E-state index in [4.69, 9.17) is 0 Å². The minimum Gasteiger partial charge on any atom is -0.353 e. The van der Waals surface area contributed by atoms with Crippen LogP contribution in [0.1, 0.15) is 5.56 Å². The molecule has 2 aliphatic rings. The van der Waals surface area contributed by atoms with Crippen molar-refractivity contribution in [2.24, 2.45) is 0 Å². The zero-order valence-electron chi connectivity index (χ0n) is 11.0. The largest absolute Gasteiger partial charge is 0.417 e. The van der Waals surface area contributed by atoms with Crippen LogP contribution in [-0.2, 0) is 6.18 Å². The highest BCUT2D eigenvalue weighted by atomic mass is 19.4. The number of nitrogens with zero attached hydrogens (tertiary/aromatic N) is 3. The fraction of sp³-hybridized carbons (Fsp3) is 0.615. The molecule has 20 heavy (non-hydrogen) atoms. The van der Waals surface area contributed by atoms with Crippen molar-refractivity contribution in [3.63, 3.8) is 0 Å². The molecule has 1 aromatic heterocycles. The van der Waals surface area contributed by atoms with Gasteiger partial charge < -0.3 is 10.2 Å². The Morgan fingerprint density at radius 1 is 1.15 bits per heavy atom. The number of aromatic nitrogens is 1. The third-order valence-corrected chi connectivity index (χ3v) is 3.93. The number of pyridine rings is 1. The van der Waals surface area contributed by atoms with Crippen molar-refractivity contribution < 1.29 is 13.2 Å². The number of nitrogens with one attached hydrogen (secondary N) is 1. The number of halogens is 3. The topological polar surface area (TPSA) is 31.4 Å². The van der Waals surface area contributed by atoms with E-state index in [-0.39, 0.29) is 0 Å². The first-order valence-electron chi connectivity index (χ1n) is 6.77. The van der Waals surface area contributed by atoms with Gasteiger partial charge >= 0.3 is 6.18 Å². The third-order valence-electron chi connectivity index (χ3n) is 3.93. The van der Waals surface area contributed by atoms with Crippen LogP contribution in [0, 0.1) is 0 Å². The smallest absolute Gasteiger partial charge is 0.353 e. The molecule has 0 saturated carbocycles. The van der Waals surface area contributed by atoms with E-state index < -0.39 is 11.7 Å². The van der Waals surface area contributed by atoms with Crippen molar-refractivity contribution in [3.05, 3.63) is 23.9 Å². The normalized spacial score (nSPS) is 21.9. The first-order chi connectivity index (χ1) is 9.54. The molecule has 0 bridgehead atoms. The van der Waals surface area contributed by atoms with Crippen LogP contribution in [0.5, 0.6) is 0 Å². The zero-order valence-corrected chi connectivity index (χ0v) is 11.0. The monoisotopic (exact) mass is 286 g/mol. The minimum atomic E-state index is -4.32. The van der Waals surface area contributed by atoms with Gasteiger partial charge in [-0.2, -0.15) is 13.2 Å². The van der Waals surface area contributed by atoms with Gasteiger partial charge in [0, 0.05) is 51.5 Å². The number of anilines is 1. The lowest BCUT2D eigenvalue weighted by Gasteiger charge is -2.47. The molecule has 1 aromatic rings. The van der Waals surface area contributed by atoms with E-state index in [9.17, 15) is 13.2 Å². The van der Waals surface area contributed by atoms with Crippen LogP contribution in [0.3, 0.4) is 0 Å². The second-order valence-corrected chi connectivity index (χ2v) is 5.25. The van der Waals surface area contributed by atoms with Gasteiger partial charge in [-0.05, 0) is 12.1 Å². The Bertz CT molecular complexity index is 448. The highest BCUT2D eigenvalue weighted by Crippen LogP contribution is 2.30. The number of rotatable bonds is 2. The number of hydrogen-bond acceptors (Lipinski definition) is 4. The lowest BCUT2D eigenvalue weighted by atomic mass is 10.1. The maximum Gasteiger partial charge on any atom is 0.417 e. The maximum absolute atomic E-state index is 12.5. The molecular weight excluding hydrogens is 269 g/mol. The fourth-order valence-corrected chi connectivity index (χ4v) is 2.66. The molecule has 0 radical (unpaired) electrons. The Morgan fingerprint density at radius 3 is 2.40 bits per heavy atom. The summed E-state index contributed by atoms with van der Waals surface area (Å²) in [6.07, 6.45) is -3.41. The second kappa shape index (κ2) is 5.21. The molecule has 0 spiro atoms. The molecule has 110 valence electrons. The predicted octanol–water partition coefficient (Wildman–Crippen LogP) is 1.19. The Labute approximate surface area is 115 Å². The minimum absolute atomic E-state index is 0.501. The molecule has 3 heterocycles. The lowest BCUT2D eigenvalue weighted by Crippen LogP contribution is -2.63. The fourth-order valence-electron chi connectivity index (χ4n) is 2.66. The van der Waals surface area contributed by atoms with Gasteiger partial charge in [-0.15, -0.1) is 0 Å². The molecule has 1 N–H and O–H groups in total. The summed E-state index contributed by atoms with van der Waals surface area (Å²) < 4.78 is 37.4. The third kappa shape index (κ3) is 2.73. The Balaban J connectivity index is 1.57. The van der Waals surface area contributed by atoms with Gasteiger partial charge in [0.1, 0.15) is 5.82 Å². The van der Waals surface area contributed by atoms with E-state index in [1.54, 1.807) is 0 Å². The van der Waals surface area contributed by atoms with Crippen LogP contribution in [0.25, 0.3) is 0 Å². The summed E-state index contributed by atoms with van der Waals surface area (Å²) in [6.45, 7) is 5.79. The van der Waals surface area contributed by atoms with Crippen molar-refractivity contribution in [2.45, 2.75) is 12.2 Å². The van der Waals surface area contributed by atoms with Crippen molar-refractivity contribution in [3.8, 4) is 0 Å². The van der Waals surface area contributed by atoms with Gasteiger partial charge in [-0.25, -0.2) is 4.98 Å². The molecule has 7 heteroatoms. The quantitative estimate of drug-likeness (QED) is 0.885. The van der Waals surface area contributed by atoms with Crippen LogP contribution >= 0.6 is 0 Å². The van der Waals surface area contributed by atoms with Gasteiger partial charge in [-0.3, -0.25) is 4.90 Å². The molecule has 4 nitrogen and oxygen atoms in total. The summed E-state index contributed by atoms with van der Waals surface area (Å²) >= 11 is 0. The van der Waals surface area contributed by atoms with Crippen molar-refractivity contribution in [1.29, 1.82) is 0 Å². The Hall–Kier alpha value is -1.34.